The van der Waals surface area contributed by atoms with Crippen LogP contribution in [0.15, 0.2) is 27.7 Å². The first-order valence-corrected chi connectivity index (χ1v) is 4.54. The van der Waals surface area contributed by atoms with Gasteiger partial charge in [0.2, 0.25) is 0 Å². The van der Waals surface area contributed by atoms with Gasteiger partial charge in [-0.1, -0.05) is 28.6 Å². The summed E-state index contributed by atoms with van der Waals surface area (Å²) < 4.78 is 1.58. The molecule has 0 aliphatic carbocycles. The van der Waals surface area contributed by atoms with Gasteiger partial charge in [-0.3, -0.25) is 0 Å². The number of phenolic OH excluding ortho intramolecular Hbond substituents is 1. The molecule has 0 atom stereocenters. The zero-order valence-electron chi connectivity index (χ0n) is 5.64. The zero-order chi connectivity index (χ0) is 8.43. The molecule has 0 bridgehead atoms. The molecule has 0 amide bonds. The number of hydrogen-bond acceptors (Lipinski definition) is 1. The lowest BCUT2D eigenvalue weighted by Gasteiger charge is -2.01. The lowest BCUT2D eigenvalue weighted by atomic mass is 10.2. The predicted molar refractivity (Wildman–Crippen MR) is 53.6 cm³/mol. The number of aromatic hydroxyl groups is 1. The summed E-state index contributed by atoms with van der Waals surface area (Å²) in [5.74, 6) is 0.225. The molecule has 0 saturated heterocycles. The minimum Gasteiger partial charge on any atom is -0.506 e. The maximum atomic E-state index is 9.38. The second kappa shape index (κ2) is 3.41. The predicted octanol–water partition coefficient (Wildman–Crippen LogP) is 3.56. The van der Waals surface area contributed by atoms with E-state index in [9.17, 15) is 5.11 Å². The molecule has 0 unspecified atom stereocenters. The Morgan fingerprint density at radius 3 is 2.55 bits per heavy atom. The van der Waals surface area contributed by atoms with Crippen molar-refractivity contribution in [3.8, 4) is 5.75 Å². The monoisotopic (exact) mass is 276 g/mol. The van der Waals surface area contributed by atoms with E-state index in [1.165, 1.54) is 0 Å². The highest BCUT2D eigenvalue weighted by Crippen LogP contribution is 2.31. The van der Waals surface area contributed by atoms with Gasteiger partial charge in [-0.25, -0.2) is 0 Å². The van der Waals surface area contributed by atoms with Crippen molar-refractivity contribution in [3.05, 3.63) is 33.2 Å². The molecule has 1 aromatic carbocycles. The average Bonchev–Trinajstić information content (AvgIpc) is 1.96. The normalized spacial score (nSPS) is 9.64. The summed E-state index contributed by atoms with van der Waals surface area (Å²) >= 11 is 6.51. The van der Waals surface area contributed by atoms with Crippen LogP contribution in [-0.4, -0.2) is 5.11 Å². The first-order valence-electron chi connectivity index (χ1n) is 2.95. The van der Waals surface area contributed by atoms with E-state index in [1.54, 1.807) is 18.2 Å². The Bertz CT molecular complexity index is 294. The van der Waals surface area contributed by atoms with Crippen LogP contribution in [0.5, 0.6) is 5.75 Å². The van der Waals surface area contributed by atoms with Gasteiger partial charge < -0.3 is 5.11 Å². The molecular formula is C8H6Br2O. The standard InChI is InChI=1S/C8H6Br2O/c1-2-5-3-6(9)4-7(10)8(5)11/h2-4,11H,1H2. The minimum absolute atomic E-state index is 0.225. The van der Waals surface area contributed by atoms with Gasteiger partial charge in [-0.05, 0) is 28.1 Å². The van der Waals surface area contributed by atoms with Crippen LogP contribution in [0.4, 0.5) is 0 Å². The Balaban J connectivity index is 3.35. The van der Waals surface area contributed by atoms with Crippen LogP contribution >= 0.6 is 31.9 Å². The van der Waals surface area contributed by atoms with E-state index in [1.807, 2.05) is 0 Å². The van der Waals surface area contributed by atoms with Crippen LogP contribution in [0.25, 0.3) is 6.08 Å². The van der Waals surface area contributed by atoms with Crippen molar-refractivity contribution >= 4 is 37.9 Å². The lowest BCUT2D eigenvalue weighted by molar-refractivity contribution is 0.470. The molecule has 0 fully saturated rings. The van der Waals surface area contributed by atoms with Gasteiger partial charge in [-0.2, -0.15) is 0 Å². The molecule has 58 valence electrons. The minimum atomic E-state index is 0.225. The lowest BCUT2D eigenvalue weighted by Crippen LogP contribution is -1.76. The van der Waals surface area contributed by atoms with E-state index in [2.05, 4.69) is 38.4 Å². The number of halogens is 2. The van der Waals surface area contributed by atoms with Crippen molar-refractivity contribution in [2.24, 2.45) is 0 Å². The Morgan fingerprint density at radius 2 is 2.00 bits per heavy atom. The van der Waals surface area contributed by atoms with Crippen molar-refractivity contribution in [3.63, 3.8) is 0 Å². The van der Waals surface area contributed by atoms with Crippen molar-refractivity contribution in [1.29, 1.82) is 0 Å². The molecule has 1 N–H and O–H groups in total. The number of rotatable bonds is 1. The molecule has 0 aliphatic heterocycles. The smallest absolute Gasteiger partial charge is 0.137 e. The van der Waals surface area contributed by atoms with E-state index in [0.717, 1.165) is 4.47 Å². The Morgan fingerprint density at radius 1 is 1.36 bits per heavy atom. The summed E-state index contributed by atoms with van der Waals surface area (Å²) in [4.78, 5) is 0. The third-order valence-corrected chi connectivity index (χ3v) is 2.34. The molecule has 0 heterocycles. The van der Waals surface area contributed by atoms with Crippen LogP contribution in [-0.2, 0) is 0 Å². The summed E-state index contributed by atoms with van der Waals surface area (Å²) in [5.41, 5.74) is 0.714. The highest BCUT2D eigenvalue weighted by molar-refractivity contribution is 9.11. The van der Waals surface area contributed by atoms with Gasteiger partial charge in [0, 0.05) is 10.0 Å². The number of phenols is 1. The first-order chi connectivity index (χ1) is 5.15. The quantitative estimate of drug-likeness (QED) is 0.832. The maximum absolute atomic E-state index is 9.38. The van der Waals surface area contributed by atoms with Gasteiger partial charge in [0.1, 0.15) is 5.75 Å². The van der Waals surface area contributed by atoms with E-state index in [0.29, 0.717) is 10.0 Å². The topological polar surface area (TPSA) is 20.2 Å². The molecule has 3 heteroatoms. The van der Waals surface area contributed by atoms with Gasteiger partial charge in [0.05, 0.1) is 4.47 Å². The third-order valence-electron chi connectivity index (χ3n) is 1.28. The van der Waals surface area contributed by atoms with Crippen LogP contribution in [0.1, 0.15) is 5.56 Å². The highest BCUT2D eigenvalue weighted by Gasteiger charge is 2.02. The molecule has 0 saturated carbocycles. The third kappa shape index (κ3) is 1.84. The molecule has 11 heavy (non-hydrogen) atoms. The fourth-order valence-electron chi connectivity index (χ4n) is 0.741. The van der Waals surface area contributed by atoms with Crippen LogP contribution in [0.2, 0.25) is 0 Å². The highest BCUT2D eigenvalue weighted by atomic mass is 79.9. The number of benzene rings is 1. The molecule has 0 aromatic heterocycles. The molecule has 0 spiro atoms. The number of hydrogen-bond donors (Lipinski definition) is 1. The molecule has 1 rings (SSSR count). The summed E-state index contributed by atoms with van der Waals surface area (Å²) in [5, 5.41) is 9.38. The maximum Gasteiger partial charge on any atom is 0.137 e. The SMILES string of the molecule is C=Cc1cc(Br)cc(Br)c1O. The molecular weight excluding hydrogens is 272 g/mol. The van der Waals surface area contributed by atoms with Crippen molar-refractivity contribution in [1.82, 2.24) is 0 Å². The first kappa shape index (κ1) is 8.81. The van der Waals surface area contributed by atoms with Crippen molar-refractivity contribution in [2.45, 2.75) is 0 Å². The van der Waals surface area contributed by atoms with Crippen molar-refractivity contribution < 1.29 is 5.11 Å². The summed E-state index contributed by atoms with van der Waals surface area (Å²) in [6.07, 6.45) is 1.60. The van der Waals surface area contributed by atoms with Gasteiger partial charge in [0.15, 0.2) is 0 Å². The summed E-state index contributed by atoms with van der Waals surface area (Å²) in [6.45, 7) is 3.57. The molecule has 1 aromatic rings. The van der Waals surface area contributed by atoms with Crippen molar-refractivity contribution in [2.75, 3.05) is 0 Å². The Labute approximate surface area is 82.0 Å². The van der Waals surface area contributed by atoms with Crippen LogP contribution < -0.4 is 0 Å². The van der Waals surface area contributed by atoms with Crippen LogP contribution in [0, 0.1) is 0 Å². The van der Waals surface area contributed by atoms with E-state index in [4.69, 9.17) is 0 Å². The van der Waals surface area contributed by atoms with Gasteiger partial charge in [0.25, 0.3) is 0 Å². The molecule has 0 radical (unpaired) electrons. The second-order valence-electron chi connectivity index (χ2n) is 2.03. The Kier molecular flexibility index (Phi) is 2.73. The van der Waals surface area contributed by atoms with Gasteiger partial charge in [-0.15, -0.1) is 0 Å². The van der Waals surface area contributed by atoms with Gasteiger partial charge >= 0.3 is 0 Å². The van der Waals surface area contributed by atoms with E-state index >= 15 is 0 Å². The second-order valence-corrected chi connectivity index (χ2v) is 3.80. The van der Waals surface area contributed by atoms with Crippen LogP contribution in [0.3, 0.4) is 0 Å². The van der Waals surface area contributed by atoms with E-state index in [-0.39, 0.29) is 5.75 Å². The fourth-order valence-corrected chi connectivity index (χ4v) is 2.00. The average molecular weight is 278 g/mol. The summed E-state index contributed by atoms with van der Waals surface area (Å²) in [7, 11) is 0. The zero-order valence-corrected chi connectivity index (χ0v) is 8.81. The summed E-state index contributed by atoms with van der Waals surface area (Å²) in [6, 6.07) is 3.58. The van der Waals surface area contributed by atoms with E-state index < -0.39 is 0 Å². The molecule has 1 nitrogen and oxygen atoms in total. The Hall–Kier alpha value is -0.280. The fraction of sp³-hybridized carbons (Fsp3) is 0. The molecule has 0 aliphatic rings. The largest absolute Gasteiger partial charge is 0.506 e.